The van der Waals surface area contributed by atoms with E-state index in [0.29, 0.717) is 32.3 Å². The molecule has 1 N–H and O–H groups in total. The molecule has 192 valence electrons. The average Bonchev–Trinajstić information content (AvgIpc) is 3.41. The Morgan fingerprint density at radius 1 is 1.14 bits per heavy atom. The van der Waals surface area contributed by atoms with Gasteiger partial charge < -0.3 is 19.4 Å². The molecule has 0 unspecified atom stereocenters. The van der Waals surface area contributed by atoms with Gasteiger partial charge in [0.15, 0.2) is 11.0 Å². The summed E-state index contributed by atoms with van der Waals surface area (Å²) in [6.07, 6.45) is 0. The summed E-state index contributed by atoms with van der Waals surface area (Å²) < 4.78 is 12.6. The van der Waals surface area contributed by atoms with Crippen LogP contribution in [0.4, 0.5) is 5.00 Å². The minimum atomic E-state index is -0.500. The number of carbonyl (C=O) groups excluding carboxylic acids is 2. The highest BCUT2D eigenvalue weighted by Gasteiger charge is 2.25. The van der Waals surface area contributed by atoms with Gasteiger partial charge in [0.1, 0.15) is 22.9 Å². The molecule has 4 rings (SSSR count). The molecule has 0 aliphatic carbocycles. The lowest BCUT2D eigenvalue weighted by atomic mass is 10.0. The fourth-order valence-electron chi connectivity index (χ4n) is 3.63. The van der Waals surface area contributed by atoms with Crippen molar-refractivity contribution in [3.05, 3.63) is 75.4 Å². The largest absolute Gasteiger partial charge is 0.486 e. The molecule has 8 nitrogen and oxygen atoms in total. The average molecular weight is 557 g/mol. The third-order valence-corrected chi connectivity index (χ3v) is 8.01. The highest BCUT2D eigenvalue weighted by Crippen LogP contribution is 2.40. The number of aryl methyl sites for hydroxylation is 2. The van der Waals surface area contributed by atoms with E-state index in [1.54, 1.807) is 16.7 Å². The number of hydrogen-bond donors (Lipinski definition) is 1. The Hall–Kier alpha value is -3.34. The van der Waals surface area contributed by atoms with Crippen molar-refractivity contribution in [2.24, 2.45) is 7.05 Å². The smallest absolute Gasteiger partial charge is 0.341 e. The molecule has 0 spiro atoms. The van der Waals surface area contributed by atoms with Crippen molar-refractivity contribution in [2.75, 3.05) is 18.2 Å². The van der Waals surface area contributed by atoms with Crippen LogP contribution in [0.3, 0.4) is 0 Å². The van der Waals surface area contributed by atoms with Crippen LogP contribution >= 0.6 is 34.7 Å². The maximum absolute atomic E-state index is 12.8. The number of thioether (sulfide) groups is 1. The molecule has 4 aromatic rings. The Bertz CT molecular complexity index is 1440. The lowest BCUT2D eigenvalue weighted by molar-refractivity contribution is -0.113. The van der Waals surface area contributed by atoms with Gasteiger partial charge in [-0.1, -0.05) is 53.7 Å². The molecule has 0 aliphatic rings. The van der Waals surface area contributed by atoms with Crippen molar-refractivity contribution in [2.45, 2.75) is 25.6 Å². The summed E-state index contributed by atoms with van der Waals surface area (Å²) >= 11 is 8.65. The zero-order valence-electron chi connectivity index (χ0n) is 20.7. The Balaban J connectivity index is 1.42. The monoisotopic (exact) mass is 556 g/mol. The van der Waals surface area contributed by atoms with Gasteiger partial charge in [-0.3, -0.25) is 4.79 Å². The number of nitrogens with one attached hydrogen (secondary N) is 1. The number of carbonyl (C=O) groups is 2. The van der Waals surface area contributed by atoms with E-state index in [1.165, 1.54) is 30.2 Å². The molecule has 2 aromatic heterocycles. The summed E-state index contributed by atoms with van der Waals surface area (Å²) in [7, 11) is 3.14. The number of nitrogens with zero attached hydrogens (tertiary/aromatic N) is 3. The Morgan fingerprint density at radius 3 is 2.59 bits per heavy atom. The summed E-state index contributed by atoms with van der Waals surface area (Å²) in [6.45, 7) is 4.04. The first kappa shape index (κ1) is 26.7. The van der Waals surface area contributed by atoms with E-state index in [1.807, 2.05) is 57.3 Å². The van der Waals surface area contributed by atoms with Gasteiger partial charge in [0.05, 0.1) is 12.9 Å². The zero-order chi connectivity index (χ0) is 26.5. The van der Waals surface area contributed by atoms with Crippen LogP contribution in [0.1, 0.15) is 26.6 Å². The number of rotatable bonds is 9. The number of hydrogen-bond acceptors (Lipinski definition) is 8. The highest BCUT2D eigenvalue weighted by atomic mass is 35.5. The van der Waals surface area contributed by atoms with Crippen molar-refractivity contribution in [1.82, 2.24) is 14.8 Å². The van der Waals surface area contributed by atoms with Crippen LogP contribution in [-0.2, 0) is 23.2 Å². The summed E-state index contributed by atoms with van der Waals surface area (Å²) in [6, 6.07) is 15.0. The first-order valence-corrected chi connectivity index (χ1v) is 13.4. The van der Waals surface area contributed by atoms with Crippen molar-refractivity contribution in [1.29, 1.82) is 0 Å². The number of esters is 1. The van der Waals surface area contributed by atoms with Gasteiger partial charge in [-0.2, -0.15) is 0 Å². The number of anilines is 1. The van der Waals surface area contributed by atoms with Gasteiger partial charge in [-0.05, 0) is 43.2 Å². The number of amides is 1. The predicted octanol–water partition coefficient (Wildman–Crippen LogP) is 5.91. The van der Waals surface area contributed by atoms with E-state index in [0.717, 1.165) is 21.6 Å². The normalized spacial score (nSPS) is 10.8. The van der Waals surface area contributed by atoms with Crippen LogP contribution < -0.4 is 10.1 Å². The molecule has 11 heteroatoms. The summed E-state index contributed by atoms with van der Waals surface area (Å²) in [4.78, 5) is 26.4. The molecule has 0 radical (unpaired) electrons. The molecule has 0 aliphatic heterocycles. The summed E-state index contributed by atoms with van der Waals surface area (Å²) in [5.41, 5.74) is 2.92. The molecule has 2 aromatic carbocycles. The first-order chi connectivity index (χ1) is 17.8. The maximum Gasteiger partial charge on any atom is 0.341 e. The van der Waals surface area contributed by atoms with Crippen molar-refractivity contribution >= 4 is 51.6 Å². The molecular formula is C26H25ClN4O4S2. The van der Waals surface area contributed by atoms with Crippen LogP contribution in [0, 0.1) is 13.8 Å². The third-order valence-electron chi connectivity index (χ3n) is 5.54. The van der Waals surface area contributed by atoms with Crippen LogP contribution in [0.15, 0.2) is 53.7 Å². The van der Waals surface area contributed by atoms with E-state index in [2.05, 4.69) is 15.5 Å². The van der Waals surface area contributed by atoms with Crippen LogP contribution in [0.5, 0.6) is 5.75 Å². The van der Waals surface area contributed by atoms with E-state index >= 15 is 0 Å². The molecule has 0 atom stereocenters. The molecular weight excluding hydrogens is 532 g/mol. The van der Waals surface area contributed by atoms with Gasteiger partial charge in [0.2, 0.25) is 5.91 Å². The van der Waals surface area contributed by atoms with E-state index in [4.69, 9.17) is 21.1 Å². The number of ether oxygens (including phenoxy) is 2. The van der Waals surface area contributed by atoms with Gasteiger partial charge in [-0.15, -0.1) is 21.5 Å². The van der Waals surface area contributed by atoms with E-state index in [9.17, 15) is 9.59 Å². The van der Waals surface area contributed by atoms with Crippen molar-refractivity contribution < 1.29 is 19.1 Å². The molecule has 0 saturated carbocycles. The second-order valence-corrected chi connectivity index (χ2v) is 10.7. The van der Waals surface area contributed by atoms with E-state index < -0.39 is 5.97 Å². The predicted molar refractivity (Wildman–Crippen MR) is 147 cm³/mol. The fourth-order valence-corrected chi connectivity index (χ4v) is 5.55. The second-order valence-electron chi connectivity index (χ2n) is 8.09. The third kappa shape index (κ3) is 6.15. The minimum absolute atomic E-state index is 0.0848. The lowest BCUT2D eigenvalue weighted by Gasteiger charge is -2.09. The number of methoxy groups -OCH3 is 1. The molecule has 2 heterocycles. The van der Waals surface area contributed by atoms with Gasteiger partial charge in [-0.25, -0.2) is 4.79 Å². The molecule has 37 heavy (non-hydrogen) atoms. The second kappa shape index (κ2) is 11.8. The van der Waals surface area contributed by atoms with Crippen LogP contribution in [0.2, 0.25) is 5.02 Å². The number of benzene rings is 2. The highest BCUT2D eigenvalue weighted by molar-refractivity contribution is 7.99. The molecule has 0 saturated heterocycles. The van der Waals surface area contributed by atoms with Gasteiger partial charge in [0, 0.05) is 22.5 Å². The summed E-state index contributed by atoms with van der Waals surface area (Å²) in [5.74, 6) is 0.612. The number of aromatic nitrogens is 3. The zero-order valence-corrected chi connectivity index (χ0v) is 23.1. The van der Waals surface area contributed by atoms with Crippen molar-refractivity contribution in [3.8, 4) is 16.9 Å². The van der Waals surface area contributed by atoms with Crippen LogP contribution in [-0.4, -0.2) is 39.5 Å². The lowest BCUT2D eigenvalue weighted by Crippen LogP contribution is -2.16. The first-order valence-electron chi connectivity index (χ1n) is 11.3. The van der Waals surface area contributed by atoms with Gasteiger partial charge in [0.25, 0.3) is 0 Å². The Morgan fingerprint density at radius 2 is 1.89 bits per heavy atom. The molecule has 0 fully saturated rings. The minimum Gasteiger partial charge on any atom is -0.486 e. The SMILES string of the molecule is COC(=O)c1c(NC(=O)CSc2nnc(COc3ccc(Cl)c(C)c3)n2C)sc(C)c1-c1ccccc1. The number of thiophene rings is 1. The van der Waals surface area contributed by atoms with E-state index in [-0.39, 0.29) is 18.3 Å². The van der Waals surface area contributed by atoms with Gasteiger partial charge >= 0.3 is 5.97 Å². The Labute approximate surface area is 228 Å². The summed E-state index contributed by atoms with van der Waals surface area (Å²) in [5, 5.41) is 12.9. The Kier molecular flexibility index (Phi) is 8.52. The van der Waals surface area contributed by atoms with Crippen molar-refractivity contribution in [3.63, 3.8) is 0 Å². The molecule has 1 amide bonds. The fraction of sp³-hybridized carbons (Fsp3) is 0.231. The topological polar surface area (TPSA) is 95.3 Å². The number of halogens is 1. The van der Waals surface area contributed by atoms with Crippen LogP contribution in [0.25, 0.3) is 11.1 Å². The maximum atomic E-state index is 12.8. The molecule has 0 bridgehead atoms. The standard InChI is InChI=1S/C26H25ClN4O4S2/c1-15-12-18(10-11-19(15)27)35-13-20-29-30-26(31(20)3)36-14-21(32)28-24-23(25(33)34-4)22(16(2)37-24)17-8-6-5-7-9-17/h5-12H,13-14H2,1-4H3,(H,28,32). The quantitative estimate of drug-likeness (QED) is 0.202.